The zero-order valence-corrected chi connectivity index (χ0v) is 34.8. The third-order valence-electron chi connectivity index (χ3n) is 13.8. The SMILES string of the molecule is c1ccc2c(c1)-c1ccccc1C2[n+]1ccc2c3ccccc3n(-c3ccc(-c4ccc(-n5c6ccccc6c6ccc(-n7c8ccccc8c8ccccc87)cc65)cc4)cc3)c2c1. The van der Waals surface area contributed by atoms with Gasteiger partial charge in [0.2, 0.25) is 6.04 Å². The molecule has 298 valence electrons. The number of para-hydroxylation sites is 4. The number of benzene rings is 9. The van der Waals surface area contributed by atoms with Gasteiger partial charge >= 0.3 is 0 Å². The van der Waals surface area contributed by atoms with E-state index >= 15 is 0 Å². The van der Waals surface area contributed by atoms with E-state index in [0.717, 1.165) is 17.1 Å². The van der Waals surface area contributed by atoms with E-state index in [-0.39, 0.29) is 6.04 Å². The second kappa shape index (κ2) is 13.5. The van der Waals surface area contributed by atoms with Crippen molar-refractivity contribution >= 4 is 65.4 Å². The molecule has 4 heteroatoms. The first-order valence-electron chi connectivity index (χ1n) is 22.1. The second-order valence-corrected chi connectivity index (χ2v) is 17.1. The number of nitrogens with zero attached hydrogens (tertiary/aromatic N) is 4. The lowest BCUT2D eigenvalue weighted by Crippen LogP contribution is -2.39. The van der Waals surface area contributed by atoms with Crippen molar-refractivity contribution in [2.45, 2.75) is 6.04 Å². The van der Waals surface area contributed by atoms with E-state index in [1.165, 1.54) is 98.8 Å². The first kappa shape index (κ1) is 35.2. The molecule has 0 radical (unpaired) electrons. The molecule has 0 bridgehead atoms. The van der Waals surface area contributed by atoms with Crippen LogP contribution >= 0.6 is 0 Å². The van der Waals surface area contributed by atoms with Gasteiger partial charge in [0.25, 0.3) is 0 Å². The highest BCUT2D eigenvalue weighted by Gasteiger charge is 2.35. The molecular weight excluding hydrogens is 777 g/mol. The Bertz CT molecular complexity index is 3910. The van der Waals surface area contributed by atoms with Crippen LogP contribution in [-0.4, -0.2) is 13.7 Å². The van der Waals surface area contributed by atoms with Crippen molar-refractivity contribution in [1.29, 1.82) is 0 Å². The van der Waals surface area contributed by atoms with Gasteiger partial charge in [-0.1, -0.05) is 152 Å². The van der Waals surface area contributed by atoms with Crippen LogP contribution < -0.4 is 4.57 Å². The molecule has 0 atom stereocenters. The van der Waals surface area contributed by atoms with Gasteiger partial charge in [0, 0.05) is 66.6 Å². The highest BCUT2D eigenvalue weighted by atomic mass is 15.0. The normalized spacial score (nSPS) is 12.6. The summed E-state index contributed by atoms with van der Waals surface area (Å²) >= 11 is 0. The van der Waals surface area contributed by atoms with Crippen LogP contribution in [0.3, 0.4) is 0 Å². The molecule has 0 fully saturated rings. The number of rotatable bonds is 5. The summed E-state index contributed by atoms with van der Waals surface area (Å²) in [5.74, 6) is 0. The van der Waals surface area contributed by atoms with Crippen LogP contribution in [0.1, 0.15) is 17.2 Å². The van der Waals surface area contributed by atoms with E-state index < -0.39 is 0 Å². The van der Waals surface area contributed by atoms with E-state index in [4.69, 9.17) is 0 Å². The van der Waals surface area contributed by atoms with Gasteiger partial charge in [-0.25, -0.2) is 0 Å². The maximum atomic E-state index is 2.43. The van der Waals surface area contributed by atoms with Crippen molar-refractivity contribution in [3.63, 3.8) is 0 Å². The van der Waals surface area contributed by atoms with Gasteiger partial charge in [0.15, 0.2) is 12.4 Å². The Labute approximate surface area is 369 Å². The predicted octanol–water partition coefficient (Wildman–Crippen LogP) is 14.6. The molecule has 1 aliphatic carbocycles. The van der Waals surface area contributed by atoms with E-state index in [9.17, 15) is 0 Å². The van der Waals surface area contributed by atoms with E-state index in [1.54, 1.807) is 0 Å². The Hall–Kier alpha value is -8.47. The standard InChI is InChI=1S/C60H39N4/c1-3-19-52-44(13-1)45-14-2-4-20-53(45)60(52)61-36-35-51-49-18-8-10-22-55(49)63(59(51)38-61)42-31-27-40(28-32-42)39-25-29-41(30-26-39)62-54-21-9-7-17-48(54)50-34-33-43(37-58(50)62)64-56-23-11-5-15-46(56)47-16-6-12-24-57(47)64/h1-38,60H/q+1. The molecule has 4 nitrogen and oxygen atoms in total. The summed E-state index contributed by atoms with van der Waals surface area (Å²) in [6.07, 6.45) is 4.62. The summed E-state index contributed by atoms with van der Waals surface area (Å²) in [5.41, 5.74) is 18.3. The minimum atomic E-state index is 0.109. The molecule has 0 spiro atoms. The van der Waals surface area contributed by atoms with Crippen LogP contribution in [0.15, 0.2) is 231 Å². The summed E-state index contributed by atoms with van der Waals surface area (Å²) in [7, 11) is 0. The zero-order valence-electron chi connectivity index (χ0n) is 34.8. The monoisotopic (exact) mass is 815 g/mol. The summed E-state index contributed by atoms with van der Waals surface area (Å²) < 4.78 is 9.66. The van der Waals surface area contributed by atoms with Crippen molar-refractivity contribution in [1.82, 2.24) is 13.7 Å². The molecule has 13 aromatic rings. The number of fused-ring (bicyclic) bond motifs is 12. The van der Waals surface area contributed by atoms with Crippen molar-refractivity contribution in [2.24, 2.45) is 0 Å². The summed E-state index contributed by atoms with van der Waals surface area (Å²) in [4.78, 5) is 0. The molecule has 64 heavy (non-hydrogen) atoms. The zero-order chi connectivity index (χ0) is 41.9. The van der Waals surface area contributed by atoms with Crippen molar-refractivity contribution in [2.75, 3.05) is 0 Å². The molecule has 0 N–H and O–H groups in total. The van der Waals surface area contributed by atoms with Crippen molar-refractivity contribution in [3.8, 4) is 39.3 Å². The average molecular weight is 816 g/mol. The van der Waals surface area contributed by atoms with Gasteiger partial charge in [0.05, 0.1) is 27.6 Å². The quantitative estimate of drug-likeness (QED) is 0.154. The lowest BCUT2D eigenvalue weighted by Gasteiger charge is -2.13. The third kappa shape index (κ3) is 5.02. The van der Waals surface area contributed by atoms with E-state index in [1.807, 2.05) is 0 Å². The fraction of sp³-hybridized carbons (Fsp3) is 0.0167. The highest BCUT2D eigenvalue weighted by molar-refractivity contribution is 6.12. The van der Waals surface area contributed by atoms with E-state index in [0.29, 0.717) is 0 Å². The van der Waals surface area contributed by atoms with Crippen LogP contribution in [0.25, 0.3) is 105 Å². The van der Waals surface area contributed by atoms with Gasteiger partial charge in [-0.05, 0) is 82.9 Å². The van der Waals surface area contributed by atoms with Crippen molar-refractivity contribution in [3.05, 3.63) is 242 Å². The first-order valence-corrected chi connectivity index (χ1v) is 22.1. The molecule has 9 aromatic carbocycles. The maximum absolute atomic E-state index is 2.43. The molecule has 0 aliphatic heterocycles. The van der Waals surface area contributed by atoms with Crippen LogP contribution in [0.5, 0.6) is 0 Å². The maximum Gasteiger partial charge on any atom is 0.210 e. The number of aromatic nitrogens is 4. The number of hydrogen-bond donors (Lipinski definition) is 0. The highest BCUT2D eigenvalue weighted by Crippen LogP contribution is 2.44. The van der Waals surface area contributed by atoms with Crippen molar-refractivity contribution < 1.29 is 4.57 Å². The minimum Gasteiger partial charge on any atom is -0.309 e. The van der Waals surface area contributed by atoms with Crippen LogP contribution in [-0.2, 0) is 0 Å². The van der Waals surface area contributed by atoms with Crippen LogP contribution in [0.2, 0.25) is 0 Å². The predicted molar refractivity (Wildman–Crippen MR) is 264 cm³/mol. The minimum absolute atomic E-state index is 0.109. The molecule has 1 aliphatic rings. The van der Waals surface area contributed by atoms with Gasteiger partial charge < -0.3 is 13.7 Å². The molecule has 0 saturated carbocycles. The summed E-state index contributed by atoms with van der Waals surface area (Å²) in [6.45, 7) is 0. The largest absolute Gasteiger partial charge is 0.309 e. The smallest absolute Gasteiger partial charge is 0.210 e. The molecule has 0 unspecified atom stereocenters. The second-order valence-electron chi connectivity index (χ2n) is 17.1. The molecule has 14 rings (SSSR count). The topological polar surface area (TPSA) is 18.7 Å². The van der Waals surface area contributed by atoms with Crippen LogP contribution in [0.4, 0.5) is 0 Å². The van der Waals surface area contributed by atoms with E-state index in [2.05, 4.69) is 249 Å². The number of pyridine rings is 1. The molecule has 0 amide bonds. The van der Waals surface area contributed by atoms with Gasteiger partial charge in [0.1, 0.15) is 5.52 Å². The average Bonchev–Trinajstić information content (AvgIpc) is 4.09. The summed E-state index contributed by atoms with van der Waals surface area (Å²) in [6, 6.07) is 80.2. The Balaban J connectivity index is 0.852. The van der Waals surface area contributed by atoms with Crippen LogP contribution in [0, 0.1) is 0 Å². The Morgan fingerprint density at radius 1 is 0.297 bits per heavy atom. The molecule has 4 heterocycles. The fourth-order valence-electron chi connectivity index (χ4n) is 11.0. The Morgan fingerprint density at radius 3 is 1.17 bits per heavy atom. The first-order chi connectivity index (χ1) is 31.8. The lowest BCUT2D eigenvalue weighted by atomic mass is 10.0. The molecular formula is C60H39N4+. The third-order valence-corrected chi connectivity index (χ3v) is 13.8. The Kier molecular flexibility index (Phi) is 7.42. The number of hydrogen-bond acceptors (Lipinski definition) is 0. The van der Waals surface area contributed by atoms with Gasteiger partial charge in [-0.2, -0.15) is 4.57 Å². The molecule has 4 aromatic heterocycles. The van der Waals surface area contributed by atoms with Gasteiger partial charge in [-0.15, -0.1) is 0 Å². The lowest BCUT2D eigenvalue weighted by molar-refractivity contribution is -0.703. The summed E-state index contributed by atoms with van der Waals surface area (Å²) in [5, 5.41) is 7.53. The van der Waals surface area contributed by atoms with Gasteiger partial charge in [-0.3, -0.25) is 0 Å². The molecule has 0 saturated heterocycles. The Morgan fingerprint density at radius 2 is 0.672 bits per heavy atom. The fourth-order valence-corrected chi connectivity index (χ4v) is 11.0.